The fraction of sp³-hybridized carbons (Fsp3) is 0.353. The highest BCUT2D eigenvalue weighted by molar-refractivity contribution is 6.42. The Balaban J connectivity index is 1.86. The Morgan fingerprint density at radius 2 is 2.04 bits per heavy atom. The molecule has 1 aliphatic heterocycles. The van der Waals surface area contributed by atoms with Gasteiger partial charge in [0.25, 0.3) is 5.91 Å². The Hall–Kier alpha value is -2.05. The Morgan fingerprint density at radius 1 is 1.32 bits per heavy atom. The molecule has 25 heavy (non-hydrogen) atoms. The first-order valence-electron chi connectivity index (χ1n) is 7.73. The number of nitrogens with two attached hydrogens (primary N) is 1. The van der Waals surface area contributed by atoms with Gasteiger partial charge in [0.1, 0.15) is 5.76 Å². The van der Waals surface area contributed by atoms with Crippen LogP contribution in [0.4, 0.5) is 0 Å². The summed E-state index contributed by atoms with van der Waals surface area (Å²) in [5.74, 6) is 0.00346. The third kappa shape index (κ3) is 3.24. The highest BCUT2D eigenvalue weighted by Gasteiger charge is 2.41. The molecule has 3 rings (SSSR count). The van der Waals surface area contributed by atoms with Gasteiger partial charge in [0.2, 0.25) is 11.8 Å². The number of aromatic nitrogens is 1. The van der Waals surface area contributed by atoms with Crippen molar-refractivity contribution >= 4 is 35.0 Å². The molecular weight excluding hydrogens is 365 g/mol. The van der Waals surface area contributed by atoms with Crippen LogP contribution in [0.15, 0.2) is 22.6 Å². The van der Waals surface area contributed by atoms with Gasteiger partial charge < -0.3 is 15.1 Å². The number of benzene rings is 1. The molecule has 1 fully saturated rings. The van der Waals surface area contributed by atoms with E-state index in [9.17, 15) is 9.59 Å². The fourth-order valence-electron chi connectivity index (χ4n) is 2.83. The quantitative estimate of drug-likeness (QED) is 0.882. The summed E-state index contributed by atoms with van der Waals surface area (Å²) in [5, 5.41) is 0.799. The number of nitrogens with zero attached hydrogens (tertiary/aromatic N) is 2. The SMILES string of the molecule is Cc1oc(-c2ccc(Cl)c(Cl)c2)nc1C(=O)N1CCC(C)(C(N)=O)C1. The number of carbonyl (C=O) groups is 2. The molecule has 0 aliphatic carbocycles. The van der Waals surface area contributed by atoms with Crippen molar-refractivity contribution in [3.05, 3.63) is 39.7 Å². The molecule has 1 atom stereocenters. The fourth-order valence-corrected chi connectivity index (χ4v) is 3.13. The lowest BCUT2D eigenvalue weighted by atomic mass is 9.89. The van der Waals surface area contributed by atoms with Crippen LogP contribution in [0.5, 0.6) is 0 Å². The van der Waals surface area contributed by atoms with Crippen molar-refractivity contribution in [1.82, 2.24) is 9.88 Å². The van der Waals surface area contributed by atoms with E-state index in [2.05, 4.69) is 4.98 Å². The van der Waals surface area contributed by atoms with Crippen molar-refractivity contribution in [2.75, 3.05) is 13.1 Å². The number of likely N-dealkylation sites (tertiary alicyclic amines) is 1. The first-order valence-corrected chi connectivity index (χ1v) is 8.49. The molecule has 2 aromatic rings. The van der Waals surface area contributed by atoms with E-state index < -0.39 is 11.3 Å². The van der Waals surface area contributed by atoms with E-state index in [0.717, 1.165) is 0 Å². The van der Waals surface area contributed by atoms with Gasteiger partial charge in [-0.1, -0.05) is 23.2 Å². The smallest absolute Gasteiger partial charge is 0.276 e. The molecule has 1 aromatic heterocycles. The van der Waals surface area contributed by atoms with Gasteiger partial charge in [-0.05, 0) is 38.5 Å². The second-order valence-corrected chi connectivity index (χ2v) is 7.27. The van der Waals surface area contributed by atoms with Gasteiger partial charge in [-0.2, -0.15) is 0 Å². The predicted octanol–water partition coefficient (Wildman–Crippen LogP) is 3.29. The third-order valence-corrected chi connectivity index (χ3v) is 5.26. The average Bonchev–Trinajstić information content (AvgIpc) is 3.14. The van der Waals surface area contributed by atoms with Gasteiger partial charge in [-0.25, -0.2) is 4.98 Å². The number of rotatable bonds is 3. The standard InChI is InChI=1S/C17H17Cl2N3O3/c1-9-13(15(23)22-6-5-17(2,8-22)16(20)24)21-14(25-9)10-3-4-11(18)12(19)7-10/h3-4,7H,5-6,8H2,1-2H3,(H2,20,24). The zero-order valence-electron chi connectivity index (χ0n) is 13.8. The molecule has 1 aromatic carbocycles. The number of aryl methyl sites for hydroxylation is 1. The molecule has 0 spiro atoms. The number of hydrogen-bond acceptors (Lipinski definition) is 4. The lowest BCUT2D eigenvalue weighted by Gasteiger charge is -2.20. The molecule has 2 N–H and O–H groups in total. The zero-order chi connectivity index (χ0) is 18.4. The van der Waals surface area contributed by atoms with Crippen molar-refractivity contribution in [3.63, 3.8) is 0 Å². The highest BCUT2D eigenvalue weighted by atomic mass is 35.5. The van der Waals surface area contributed by atoms with Crippen LogP contribution in [0, 0.1) is 12.3 Å². The lowest BCUT2D eigenvalue weighted by molar-refractivity contribution is -0.126. The first-order chi connectivity index (χ1) is 11.7. The van der Waals surface area contributed by atoms with Crippen molar-refractivity contribution in [1.29, 1.82) is 0 Å². The molecule has 132 valence electrons. The minimum atomic E-state index is -0.708. The van der Waals surface area contributed by atoms with Crippen molar-refractivity contribution < 1.29 is 14.0 Å². The van der Waals surface area contributed by atoms with Crippen molar-refractivity contribution in [2.45, 2.75) is 20.3 Å². The Morgan fingerprint density at radius 3 is 2.64 bits per heavy atom. The maximum absolute atomic E-state index is 12.7. The summed E-state index contributed by atoms with van der Waals surface area (Å²) in [4.78, 5) is 30.2. The second kappa shape index (κ2) is 6.35. The zero-order valence-corrected chi connectivity index (χ0v) is 15.3. The van der Waals surface area contributed by atoms with Gasteiger partial charge in [0.15, 0.2) is 5.69 Å². The average molecular weight is 382 g/mol. The summed E-state index contributed by atoms with van der Waals surface area (Å²) in [5.41, 5.74) is 5.57. The van der Waals surface area contributed by atoms with Gasteiger partial charge in [0.05, 0.1) is 15.5 Å². The molecule has 0 bridgehead atoms. The van der Waals surface area contributed by atoms with Gasteiger partial charge in [-0.3, -0.25) is 9.59 Å². The summed E-state index contributed by atoms with van der Waals surface area (Å²) in [6.45, 7) is 4.16. The number of hydrogen-bond donors (Lipinski definition) is 1. The molecule has 1 unspecified atom stereocenters. The number of carbonyl (C=O) groups excluding carboxylic acids is 2. The molecule has 2 heterocycles. The maximum atomic E-state index is 12.7. The molecule has 0 radical (unpaired) electrons. The number of amides is 2. The van der Waals surface area contributed by atoms with E-state index in [0.29, 0.717) is 34.3 Å². The molecule has 1 aliphatic rings. The third-order valence-electron chi connectivity index (χ3n) is 4.52. The maximum Gasteiger partial charge on any atom is 0.276 e. The Labute approximate surface area is 154 Å². The van der Waals surface area contributed by atoms with Crippen LogP contribution in [-0.2, 0) is 4.79 Å². The van der Waals surface area contributed by atoms with E-state index in [1.807, 2.05) is 0 Å². The van der Waals surface area contributed by atoms with E-state index in [-0.39, 0.29) is 24.0 Å². The van der Waals surface area contributed by atoms with Gasteiger partial charge >= 0.3 is 0 Å². The highest BCUT2D eigenvalue weighted by Crippen LogP contribution is 2.32. The van der Waals surface area contributed by atoms with Crippen LogP contribution in [0.25, 0.3) is 11.5 Å². The monoisotopic (exact) mass is 381 g/mol. The van der Waals surface area contributed by atoms with Crippen LogP contribution in [-0.4, -0.2) is 34.8 Å². The van der Waals surface area contributed by atoms with Crippen LogP contribution >= 0.6 is 23.2 Å². The minimum Gasteiger partial charge on any atom is -0.441 e. The number of primary amides is 1. The van der Waals surface area contributed by atoms with Crippen LogP contribution in [0.1, 0.15) is 29.6 Å². The van der Waals surface area contributed by atoms with E-state index in [1.54, 1.807) is 36.9 Å². The van der Waals surface area contributed by atoms with Crippen molar-refractivity contribution in [2.24, 2.45) is 11.1 Å². The first kappa shape index (κ1) is 17.8. The summed E-state index contributed by atoms with van der Waals surface area (Å²) in [6, 6.07) is 4.98. The molecular formula is C17H17Cl2N3O3. The predicted molar refractivity (Wildman–Crippen MR) is 94.5 cm³/mol. The number of oxazole rings is 1. The summed E-state index contributed by atoms with van der Waals surface area (Å²) in [7, 11) is 0. The second-order valence-electron chi connectivity index (χ2n) is 6.45. The van der Waals surface area contributed by atoms with Crippen molar-refractivity contribution in [3.8, 4) is 11.5 Å². The summed E-state index contributed by atoms with van der Waals surface area (Å²) in [6.07, 6.45) is 0.532. The van der Waals surface area contributed by atoms with Crippen LogP contribution in [0.3, 0.4) is 0 Å². The Kier molecular flexibility index (Phi) is 4.51. The number of halogens is 2. The molecule has 0 saturated carbocycles. The van der Waals surface area contributed by atoms with E-state index in [4.69, 9.17) is 33.4 Å². The minimum absolute atomic E-state index is 0.217. The Bertz CT molecular complexity index is 865. The van der Waals surface area contributed by atoms with Gasteiger partial charge in [0, 0.05) is 18.7 Å². The van der Waals surface area contributed by atoms with E-state index >= 15 is 0 Å². The van der Waals surface area contributed by atoms with E-state index in [1.165, 1.54) is 0 Å². The van der Waals surface area contributed by atoms with Crippen LogP contribution in [0.2, 0.25) is 10.0 Å². The summed E-state index contributed by atoms with van der Waals surface area (Å²) < 4.78 is 5.62. The molecule has 6 nitrogen and oxygen atoms in total. The van der Waals surface area contributed by atoms with Gasteiger partial charge in [-0.15, -0.1) is 0 Å². The topological polar surface area (TPSA) is 89.4 Å². The molecule has 8 heteroatoms. The normalized spacial score (nSPS) is 20.1. The molecule has 2 amide bonds. The molecule has 1 saturated heterocycles. The largest absolute Gasteiger partial charge is 0.441 e. The lowest BCUT2D eigenvalue weighted by Crippen LogP contribution is -2.38. The summed E-state index contributed by atoms with van der Waals surface area (Å²) >= 11 is 11.9. The van der Waals surface area contributed by atoms with Crippen LogP contribution < -0.4 is 5.73 Å².